The second-order valence-electron chi connectivity index (χ2n) is 3.72. The van der Waals surface area contributed by atoms with Crippen molar-refractivity contribution in [3.8, 4) is 0 Å². The minimum atomic E-state index is -1.64. The summed E-state index contributed by atoms with van der Waals surface area (Å²) >= 11 is 1.04. The summed E-state index contributed by atoms with van der Waals surface area (Å²) in [5.41, 5.74) is 3.25. The van der Waals surface area contributed by atoms with Gasteiger partial charge in [0.1, 0.15) is 5.69 Å². The van der Waals surface area contributed by atoms with Gasteiger partial charge in [-0.15, -0.1) is 11.3 Å². The smallest absolute Gasteiger partial charge is 0.360 e. The molecule has 0 amide bonds. The quantitative estimate of drug-likeness (QED) is 0.521. The Kier molecular flexibility index (Phi) is 3.86. The zero-order valence-electron chi connectivity index (χ0n) is 9.58. The van der Waals surface area contributed by atoms with Crippen LogP contribution >= 0.6 is 11.3 Å². The van der Waals surface area contributed by atoms with Gasteiger partial charge in [-0.3, -0.25) is 0 Å². The minimum Gasteiger partial charge on any atom is -0.478 e. The van der Waals surface area contributed by atoms with Crippen LogP contribution in [0.3, 0.4) is 0 Å². The van der Waals surface area contributed by atoms with Crippen molar-refractivity contribution >= 4 is 34.1 Å². The number of nitrogen functional groups attached to an aromatic ring is 1. The third-order valence-corrected chi connectivity index (χ3v) is 2.52. The molecule has 1 heterocycles. The molecule has 98 valence electrons. The molecule has 0 atom stereocenters. The molecule has 0 saturated heterocycles. The Morgan fingerprint density at radius 3 is 2.50 bits per heavy atom. The van der Waals surface area contributed by atoms with E-state index in [1.54, 1.807) is 0 Å². The van der Waals surface area contributed by atoms with Gasteiger partial charge in [0.2, 0.25) is 11.3 Å². The summed E-state index contributed by atoms with van der Waals surface area (Å²) in [5, 5.41) is 22.6. The van der Waals surface area contributed by atoms with Crippen LogP contribution in [0.25, 0.3) is 0 Å². The Bertz CT molecular complexity index is 508. The maximum atomic E-state index is 11.0. The Hall–Kier alpha value is -2.16. The normalized spacial score (nSPS) is 12.2. The molecule has 4 N–H and O–H groups in total. The van der Waals surface area contributed by atoms with Crippen LogP contribution in [0.15, 0.2) is 10.5 Å². The van der Waals surface area contributed by atoms with E-state index in [4.69, 9.17) is 20.8 Å². The molecule has 8 nitrogen and oxygen atoms in total. The lowest BCUT2D eigenvalue weighted by Crippen LogP contribution is -2.33. The van der Waals surface area contributed by atoms with Gasteiger partial charge in [0.05, 0.1) is 0 Å². The number of nitrogens with two attached hydrogens (primary N) is 1. The van der Waals surface area contributed by atoms with Gasteiger partial charge < -0.3 is 20.8 Å². The van der Waals surface area contributed by atoms with E-state index < -0.39 is 23.3 Å². The maximum absolute atomic E-state index is 11.0. The number of hydrogen-bond acceptors (Lipinski definition) is 7. The third-order valence-electron chi connectivity index (χ3n) is 1.85. The summed E-state index contributed by atoms with van der Waals surface area (Å²) in [5.74, 6) is -2.66. The van der Waals surface area contributed by atoms with E-state index in [9.17, 15) is 9.59 Å². The summed E-state index contributed by atoms with van der Waals surface area (Å²) in [4.78, 5) is 30.2. The molecule has 0 aliphatic rings. The van der Waals surface area contributed by atoms with Crippen molar-refractivity contribution in [2.75, 3.05) is 5.73 Å². The first-order chi connectivity index (χ1) is 8.24. The Balaban J connectivity index is 3.01. The van der Waals surface area contributed by atoms with E-state index >= 15 is 0 Å². The highest BCUT2D eigenvalue weighted by atomic mass is 32.1. The largest absolute Gasteiger partial charge is 0.478 e. The van der Waals surface area contributed by atoms with Gasteiger partial charge in [-0.05, 0) is 13.8 Å². The van der Waals surface area contributed by atoms with E-state index in [1.165, 1.54) is 19.2 Å². The molecule has 0 aliphatic heterocycles. The molecule has 1 rings (SSSR count). The van der Waals surface area contributed by atoms with Crippen LogP contribution in [0.5, 0.6) is 0 Å². The zero-order chi connectivity index (χ0) is 13.9. The van der Waals surface area contributed by atoms with Crippen LogP contribution in [0.1, 0.15) is 19.5 Å². The highest BCUT2D eigenvalue weighted by Crippen LogP contribution is 2.14. The third kappa shape index (κ3) is 3.17. The Labute approximate surface area is 106 Å². The number of hydrogen-bond donors (Lipinski definition) is 3. The lowest BCUT2D eigenvalue weighted by atomic mass is 10.1. The molecule has 1 aromatic heterocycles. The van der Waals surface area contributed by atoms with Crippen LogP contribution in [0.2, 0.25) is 0 Å². The van der Waals surface area contributed by atoms with Gasteiger partial charge in [-0.2, -0.15) is 0 Å². The molecule has 0 bridgehead atoms. The van der Waals surface area contributed by atoms with E-state index in [2.05, 4.69) is 10.1 Å². The van der Waals surface area contributed by atoms with Crippen LogP contribution < -0.4 is 5.73 Å². The van der Waals surface area contributed by atoms with Crippen molar-refractivity contribution < 1.29 is 24.6 Å². The van der Waals surface area contributed by atoms with E-state index in [-0.39, 0.29) is 10.8 Å². The lowest BCUT2D eigenvalue weighted by Gasteiger charge is -2.16. The molecule has 9 heteroatoms. The second-order valence-corrected chi connectivity index (χ2v) is 4.61. The second kappa shape index (κ2) is 5.00. The van der Waals surface area contributed by atoms with Gasteiger partial charge in [-0.25, -0.2) is 14.6 Å². The highest BCUT2D eigenvalue weighted by molar-refractivity contribution is 7.13. The van der Waals surface area contributed by atoms with Crippen LogP contribution in [-0.2, 0) is 14.4 Å². The molecule has 0 unspecified atom stereocenters. The van der Waals surface area contributed by atoms with Crippen molar-refractivity contribution in [2.45, 2.75) is 19.4 Å². The fourth-order valence-corrected chi connectivity index (χ4v) is 1.34. The van der Waals surface area contributed by atoms with Crippen molar-refractivity contribution in [3.63, 3.8) is 0 Å². The van der Waals surface area contributed by atoms with Crippen molar-refractivity contribution in [2.24, 2.45) is 5.16 Å². The van der Waals surface area contributed by atoms with Gasteiger partial charge in [-0.1, -0.05) is 5.16 Å². The number of nitrogens with zero attached hydrogens (tertiary/aromatic N) is 2. The number of anilines is 1. The number of carbonyl (C=O) groups is 2. The first kappa shape index (κ1) is 13.9. The minimum absolute atomic E-state index is 0.0196. The number of rotatable bonds is 5. The molecule has 0 fully saturated rings. The van der Waals surface area contributed by atoms with Gasteiger partial charge in [0.15, 0.2) is 5.13 Å². The molecule has 0 spiro atoms. The number of thiazole rings is 1. The number of aliphatic carboxylic acids is 2. The number of carboxylic acid groups (broad SMARTS) is 2. The monoisotopic (exact) mass is 273 g/mol. The van der Waals surface area contributed by atoms with Crippen molar-refractivity contribution in [1.82, 2.24) is 4.98 Å². The molecular formula is C9H11N3O5S. The molecule has 18 heavy (non-hydrogen) atoms. The van der Waals surface area contributed by atoms with Crippen LogP contribution in [0, 0.1) is 0 Å². The lowest BCUT2D eigenvalue weighted by molar-refractivity contribution is -0.161. The first-order valence-corrected chi connectivity index (χ1v) is 5.56. The van der Waals surface area contributed by atoms with E-state index in [0.29, 0.717) is 0 Å². The van der Waals surface area contributed by atoms with E-state index in [1.807, 2.05) is 0 Å². The summed E-state index contributed by atoms with van der Waals surface area (Å²) in [6.45, 7) is 2.49. The van der Waals surface area contributed by atoms with Crippen molar-refractivity contribution in [3.05, 3.63) is 11.1 Å². The molecule has 0 aromatic carbocycles. The average Bonchev–Trinajstić information content (AvgIpc) is 2.64. The topological polar surface area (TPSA) is 135 Å². The molecule has 0 saturated carbocycles. The zero-order valence-corrected chi connectivity index (χ0v) is 10.4. The summed E-state index contributed by atoms with van der Waals surface area (Å²) in [6, 6.07) is 0. The highest BCUT2D eigenvalue weighted by Gasteiger charge is 2.30. The maximum Gasteiger partial charge on any atom is 0.360 e. The number of aromatic nitrogens is 1. The number of carboxylic acids is 2. The summed E-state index contributed by atoms with van der Waals surface area (Å²) in [6.07, 6.45) is 0. The van der Waals surface area contributed by atoms with Gasteiger partial charge >= 0.3 is 11.9 Å². The first-order valence-electron chi connectivity index (χ1n) is 4.68. The van der Waals surface area contributed by atoms with Gasteiger partial charge in [0.25, 0.3) is 0 Å². The summed E-state index contributed by atoms with van der Waals surface area (Å²) in [7, 11) is 0. The molecule has 1 aromatic rings. The Morgan fingerprint density at radius 1 is 1.50 bits per heavy atom. The van der Waals surface area contributed by atoms with Crippen molar-refractivity contribution in [1.29, 1.82) is 0 Å². The Morgan fingerprint density at radius 2 is 2.11 bits per heavy atom. The van der Waals surface area contributed by atoms with Crippen LogP contribution in [-0.4, -0.2) is 38.4 Å². The number of oxime groups is 1. The van der Waals surface area contributed by atoms with E-state index in [0.717, 1.165) is 11.3 Å². The molecular weight excluding hydrogens is 262 g/mol. The fraction of sp³-hybridized carbons (Fsp3) is 0.333. The molecule has 0 radical (unpaired) electrons. The standard InChI is InChI=1S/C9H11N3O5S/c1-9(2,7(15)16)17-12-5(6(13)14)4-3-18-8(10)11-4/h3H,1-2H3,(H2,10,11)(H,13,14)(H,15,16)/b12-5+. The van der Waals surface area contributed by atoms with Crippen LogP contribution in [0.4, 0.5) is 5.13 Å². The fourth-order valence-electron chi connectivity index (χ4n) is 0.791. The molecule has 0 aliphatic carbocycles. The SMILES string of the molecule is CC(C)(O/N=C(/C(=O)O)c1csc(N)n1)C(=O)O. The average molecular weight is 273 g/mol. The predicted octanol–water partition coefficient (Wildman–Crippen LogP) is 0.394. The summed E-state index contributed by atoms with van der Waals surface area (Å²) < 4.78 is 0. The predicted molar refractivity (Wildman–Crippen MR) is 63.5 cm³/mol. The van der Waals surface area contributed by atoms with Gasteiger partial charge in [0, 0.05) is 5.38 Å².